The number of para-hydroxylation sites is 1. The third-order valence-corrected chi connectivity index (χ3v) is 4.34. The maximum Gasteiger partial charge on any atom is 0.244 e. The molecule has 110 valence electrons. The Hall–Kier alpha value is -1.81. The van der Waals surface area contributed by atoms with Gasteiger partial charge in [-0.1, -0.05) is 24.3 Å². The summed E-state index contributed by atoms with van der Waals surface area (Å²) in [5.74, 6) is -0.392. The van der Waals surface area contributed by atoms with Crippen LogP contribution in [-0.4, -0.2) is 5.91 Å². The smallest absolute Gasteiger partial charge is 0.244 e. The van der Waals surface area contributed by atoms with Crippen LogP contribution in [0.2, 0.25) is 0 Å². The molecule has 2 aromatic carbocycles. The van der Waals surface area contributed by atoms with Gasteiger partial charge in [-0.15, -0.1) is 0 Å². The fourth-order valence-electron chi connectivity index (χ4n) is 2.33. The molecule has 2 aromatic rings. The van der Waals surface area contributed by atoms with Gasteiger partial charge in [-0.05, 0) is 71.1 Å². The Labute approximate surface area is 133 Å². The Balaban J connectivity index is 2.43. The molecule has 1 atom stereocenters. The van der Waals surface area contributed by atoms with Gasteiger partial charge in [-0.3, -0.25) is 4.79 Å². The van der Waals surface area contributed by atoms with Crippen molar-refractivity contribution in [2.75, 3.05) is 5.32 Å². The Morgan fingerprint density at radius 2 is 1.71 bits per heavy atom. The van der Waals surface area contributed by atoms with Crippen molar-refractivity contribution < 1.29 is 4.79 Å². The number of benzene rings is 2. The number of halogens is 1. The van der Waals surface area contributed by atoms with Gasteiger partial charge in [0.15, 0.2) is 0 Å². The fourth-order valence-corrected chi connectivity index (χ4v) is 2.73. The van der Waals surface area contributed by atoms with Crippen LogP contribution in [0.5, 0.6) is 0 Å². The van der Waals surface area contributed by atoms with Gasteiger partial charge in [0, 0.05) is 10.2 Å². The quantitative estimate of drug-likeness (QED) is 0.878. The first-order chi connectivity index (χ1) is 9.90. The van der Waals surface area contributed by atoms with Gasteiger partial charge in [0.1, 0.15) is 6.04 Å². The minimum absolute atomic E-state index is 0.392. The number of aryl methyl sites for hydroxylation is 3. The van der Waals surface area contributed by atoms with Gasteiger partial charge >= 0.3 is 0 Å². The molecule has 0 saturated carbocycles. The lowest BCUT2D eigenvalue weighted by atomic mass is 9.95. The van der Waals surface area contributed by atoms with Crippen molar-refractivity contribution in [2.45, 2.75) is 26.8 Å². The van der Waals surface area contributed by atoms with E-state index in [1.807, 2.05) is 44.2 Å². The van der Waals surface area contributed by atoms with E-state index in [0.717, 1.165) is 26.9 Å². The van der Waals surface area contributed by atoms with Gasteiger partial charge in [-0.25, -0.2) is 0 Å². The van der Waals surface area contributed by atoms with Gasteiger partial charge in [0.05, 0.1) is 0 Å². The molecular formula is C17H19BrN2O. The highest BCUT2D eigenvalue weighted by Gasteiger charge is 2.21. The summed E-state index contributed by atoms with van der Waals surface area (Å²) >= 11 is 3.48. The third-order valence-electron chi connectivity index (χ3n) is 3.65. The van der Waals surface area contributed by atoms with Crippen LogP contribution >= 0.6 is 15.9 Å². The molecule has 0 aromatic heterocycles. The molecule has 0 aliphatic carbocycles. The predicted molar refractivity (Wildman–Crippen MR) is 90.4 cm³/mol. The van der Waals surface area contributed by atoms with Crippen LogP contribution in [0, 0.1) is 20.8 Å². The second-order valence-corrected chi connectivity index (χ2v) is 6.11. The van der Waals surface area contributed by atoms with Crippen molar-refractivity contribution in [3.63, 3.8) is 0 Å². The van der Waals surface area contributed by atoms with Crippen molar-refractivity contribution in [1.29, 1.82) is 0 Å². The van der Waals surface area contributed by atoms with Gasteiger partial charge < -0.3 is 11.1 Å². The molecule has 3 N–H and O–H groups in total. The second kappa shape index (κ2) is 6.31. The first-order valence-corrected chi connectivity index (χ1v) is 7.57. The summed E-state index contributed by atoms with van der Waals surface area (Å²) in [5, 5.41) is 3.23. The van der Waals surface area contributed by atoms with E-state index in [4.69, 9.17) is 5.73 Å². The normalized spacial score (nSPS) is 12.0. The van der Waals surface area contributed by atoms with E-state index in [2.05, 4.69) is 34.2 Å². The average Bonchev–Trinajstić information content (AvgIpc) is 2.42. The SMILES string of the molecule is Cc1cc(C)c(C(Nc2ccccc2Br)C(N)=O)cc1C. The Bertz CT molecular complexity index is 682. The van der Waals surface area contributed by atoms with Gasteiger partial charge in [0.2, 0.25) is 5.91 Å². The molecule has 0 heterocycles. The number of hydrogen-bond donors (Lipinski definition) is 2. The number of nitrogens with one attached hydrogen (secondary N) is 1. The maximum absolute atomic E-state index is 11.9. The molecule has 21 heavy (non-hydrogen) atoms. The van der Waals surface area contributed by atoms with Crippen LogP contribution in [0.4, 0.5) is 5.69 Å². The first-order valence-electron chi connectivity index (χ1n) is 6.78. The van der Waals surface area contributed by atoms with E-state index in [0.29, 0.717) is 0 Å². The number of anilines is 1. The van der Waals surface area contributed by atoms with Crippen LogP contribution in [0.1, 0.15) is 28.3 Å². The Morgan fingerprint density at radius 1 is 1.10 bits per heavy atom. The summed E-state index contributed by atoms with van der Waals surface area (Å²) in [6.07, 6.45) is 0. The number of hydrogen-bond acceptors (Lipinski definition) is 2. The molecule has 0 bridgehead atoms. The van der Waals surface area contributed by atoms with Gasteiger partial charge in [-0.2, -0.15) is 0 Å². The molecule has 4 heteroatoms. The lowest BCUT2D eigenvalue weighted by Gasteiger charge is -2.21. The average molecular weight is 347 g/mol. The monoisotopic (exact) mass is 346 g/mol. The number of carbonyl (C=O) groups excluding carboxylic acids is 1. The minimum atomic E-state index is -0.553. The van der Waals surface area contributed by atoms with Crippen molar-refractivity contribution >= 4 is 27.5 Å². The molecular weight excluding hydrogens is 328 g/mol. The molecule has 0 aliphatic heterocycles. The lowest BCUT2D eigenvalue weighted by Crippen LogP contribution is -2.28. The highest BCUT2D eigenvalue weighted by atomic mass is 79.9. The molecule has 1 amide bonds. The molecule has 0 spiro atoms. The largest absolute Gasteiger partial charge is 0.369 e. The number of rotatable bonds is 4. The molecule has 2 rings (SSSR count). The number of carbonyl (C=O) groups is 1. The highest BCUT2D eigenvalue weighted by Crippen LogP contribution is 2.29. The molecule has 0 saturated heterocycles. The summed E-state index contributed by atoms with van der Waals surface area (Å²) in [4.78, 5) is 11.9. The molecule has 0 aliphatic rings. The second-order valence-electron chi connectivity index (χ2n) is 5.25. The van der Waals surface area contributed by atoms with Crippen molar-refractivity contribution in [3.05, 3.63) is 63.1 Å². The van der Waals surface area contributed by atoms with E-state index in [-0.39, 0.29) is 0 Å². The lowest BCUT2D eigenvalue weighted by molar-refractivity contribution is -0.118. The minimum Gasteiger partial charge on any atom is -0.369 e. The molecule has 3 nitrogen and oxygen atoms in total. The highest BCUT2D eigenvalue weighted by molar-refractivity contribution is 9.10. The summed E-state index contributed by atoms with van der Waals surface area (Å²) < 4.78 is 0.901. The Morgan fingerprint density at radius 3 is 2.33 bits per heavy atom. The number of nitrogens with two attached hydrogens (primary N) is 1. The van der Waals surface area contributed by atoms with Crippen LogP contribution < -0.4 is 11.1 Å². The predicted octanol–water partition coefficient (Wildman–Crippen LogP) is 4.01. The number of primary amides is 1. The van der Waals surface area contributed by atoms with Crippen LogP contribution in [0.3, 0.4) is 0 Å². The van der Waals surface area contributed by atoms with Gasteiger partial charge in [0.25, 0.3) is 0 Å². The summed E-state index contributed by atoms with van der Waals surface area (Å²) in [7, 11) is 0. The van der Waals surface area contributed by atoms with E-state index >= 15 is 0 Å². The van der Waals surface area contributed by atoms with E-state index < -0.39 is 11.9 Å². The summed E-state index contributed by atoms with van der Waals surface area (Å²) in [5.41, 5.74) is 10.8. The van der Waals surface area contributed by atoms with E-state index in [1.165, 1.54) is 5.56 Å². The van der Waals surface area contributed by atoms with E-state index in [1.54, 1.807) is 0 Å². The molecule has 1 unspecified atom stereocenters. The van der Waals surface area contributed by atoms with E-state index in [9.17, 15) is 4.79 Å². The zero-order valence-corrected chi connectivity index (χ0v) is 14.0. The molecule has 0 radical (unpaired) electrons. The fraction of sp³-hybridized carbons (Fsp3) is 0.235. The standard InChI is InChI=1S/C17H19BrN2O/c1-10-8-12(3)13(9-11(10)2)16(17(19)21)20-15-7-5-4-6-14(15)18/h4-9,16,20H,1-3H3,(H2,19,21). The zero-order valence-electron chi connectivity index (χ0n) is 12.4. The number of amides is 1. The topological polar surface area (TPSA) is 55.1 Å². The van der Waals surface area contributed by atoms with Crippen molar-refractivity contribution in [2.24, 2.45) is 5.73 Å². The third kappa shape index (κ3) is 3.45. The van der Waals surface area contributed by atoms with Crippen LogP contribution in [0.15, 0.2) is 40.9 Å². The van der Waals surface area contributed by atoms with Crippen molar-refractivity contribution in [3.8, 4) is 0 Å². The zero-order chi connectivity index (χ0) is 15.6. The maximum atomic E-state index is 11.9. The Kier molecular flexibility index (Phi) is 4.68. The van der Waals surface area contributed by atoms with Crippen LogP contribution in [-0.2, 0) is 4.79 Å². The van der Waals surface area contributed by atoms with Crippen LogP contribution in [0.25, 0.3) is 0 Å². The van der Waals surface area contributed by atoms with Crippen molar-refractivity contribution in [1.82, 2.24) is 0 Å². The molecule has 0 fully saturated rings. The first kappa shape index (κ1) is 15.6. The summed E-state index contributed by atoms with van der Waals surface area (Å²) in [6.45, 7) is 6.10. The summed E-state index contributed by atoms with van der Waals surface area (Å²) in [6, 6.07) is 11.2.